The summed E-state index contributed by atoms with van der Waals surface area (Å²) in [6.45, 7) is 9.84. The quantitative estimate of drug-likeness (QED) is 0.495. The Bertz CT molecular complexity index is 1190. The number of aliphatic hydroxyl groups is 2. The Morgan fingerprint density at radius 3 is 2.69 bits per heavy atom. The van der Waals surface area contributed by atoms with Gasteiger partial charge in [-0.15, -0.1) is 0 Å². The van der Waals surface area contributed by atoms with E-state index in [1.54, 1.807) is 18.2 Å². The van der Waals surface area contributed by atoms with Crippen molar-refractivity contribution in [3.05, 3.63) is 47.5 Å². The highest BCUT2D eigenvalue weighted by Crippen LogP contribution is 2.76. The number of carbonyl (C=O) groups excluding carboxylic acids is 3. The fraction of sp³-hybridized carbons (Fsp3) is 0.607. The zero-order chi connectivity index (χ0) is 25.1. The Labute approximate surface area is 204 Å². The first-order chi connectivity index (χ1) is 16.4. The van der Waals surface area contributed by atoms with Crippen LogP contribution in [-0.4, -0.2) is 52.4 Å². The van der Waals surface area contributed by atoms with E-state index >= 15 is 0 Å². The van der Waals surface area contributed by atoms with Crippen LogP contribution in [0.1, 0.15) is 55.5 Å². The normalized spacial score (nSPS) is 45.2. The van der Waals surface area contributed by atoms with Gasteiger partial charge in [-0.1, -0.05) is 38.1 Å². The molecule has 0 amide bonds. The molecule has 186 valence electrons. The van der Waals surface area contributed by atoms with E-state index in [0.717, 1.165) is 5.56 Å². The molecule has 4 aliphatic carbocycles. The Hall–Kier alpha value is -2.35. The summed E-state index contributed by atoms with van der Waals surface area (Å²) >= 11 is 0. The first-order valence-electron chi connectivity index (χ1n) is 12.5. The molecule has 6 aliphatic rings. The Balaban J connectivity index is 1.54. The lowest BCUT2D eigenvalue weighted by Crippen LogP contribution is -2.85. The van der Waals surface area contributed by atoms with E-state index in [0.29, 0.717) is 31.2 Å². The number of ether oxygens (including phenoxy) is 2. The maximum absolute atomic E-state index is 14.1. The van der Waals surface area contributed by atoms with Crippen molar-refractivity contribution >= 4 is 17.5 Å². The van der Waals surface area contributed by atoms with Gasteiger partial charge in [-0.2, -0.15) is 0 Å². The van der Waals surface area contributed by atoms with Gasteiger partial charge in [-0.05, 0) is 55.2 Å². The lowest BCUT2D eigenvalue weighted by atomic mass is 9.36. The van der Waals surface area contributed by atoms with Gasteiger partial charge >= 0.3 is 5.97 Å². The van der Waals surface area contributed by atoms with Crippen molar-refractivity contribution in [3.8, 4) is 0 Å². The molecule has 0 aromatic heterocycles. The molecule has 0 unspecified atom stereocenters. The van der Waals surface area contributed by atoms with E-state index in [1.807, 2.05) is 26.8 Å². The summed E-state index contributed by atoms with van der Waals surface area (Å²) in [5.74, 6) is -5.10. The second kappa shape index (κ2) is 6.90. The Morgan fingerprint density at radius 1 is 1.23 bits per heavy atom. The molecule has 7 nitrogen and oxygen atoms in total. The largest absolute Gasteiger partial charge is 0.457 e. The van der Waals surface area contributed by atoms with Crippen molar-refractivity contribution in [2.45, 2.75) is 64.4 Å². The lowest BCUT2D eigenvalue weighted by Gasteiger charge is -2.72. The van der Waals surface area contributed by atoms with E-state index in [4.69, 9.17) is 9.47 Å². The van der Waals surface area contributed by atoms with Crippen LogP contribution in [0.5, 0.6) is 0 Å². The lowest BCUT2D eigenvalue weighted by molar-refractivity contribution is -0.436. The number of rotatable bonds is 2. The summed E-state index contributed by atoms with van der Waals surface area (Å²) in [5, 5.41) is 23.9. The number of ketones is 2. The van der Waals surface area contributed by atoms with Gasteiger partial charge < -0.3 is 19.7 Å². The van der Waals surface area contributed by atoms with Crippen LogP contribution >= 0.6 is 0 Å². The molecular formula is C28H32O7. The van der Waals surface area contributed by atoms with E-state index < -0.39 is 63.7 Å². The van der Waals surface area contributed by atoms with Crippen molar-refractivity contribution in [3.63, 3.8) is 0 Å². The minimum Gasteiger partial charge on any atom is -0.457 e. The van der Waals surface area contributed by atoms with Crippen LogP contribution in [0.2, 0.25) is 0 Å². The third kappa shape index (κ3) is 2.45. The molecule has 2 N–H and O–H groups in total. The third-order valence-corrected chi connectivity index (χ3v) is 10.1. The molecule has 7 rings (SSSR count). The molecule has 6 fully saturated rings. The molecule has 0 radical (unpaired) electrons. The zero-order valence-electron chi connectivity index (χ0n) is 20.4. The van der Waals surface area contributed by atoms with Crippen LogP contribution in [0.15, 0.2) is 36.4 Å². The van der Waals surface area contributed by atoms with E-state index in [1.165, 1.54) is 0 Å². The predicted octanol–water partition coefficient (Wildman–Crippen LogP) is 2.76. The number of fused-ring (bicyclic) bond motifs is 2. The standard InChI is InChI=1S/C28H32O7/c1-14-6-5-7-16(12-14)24(32)35-23-17-8-9-18-26-13-34-28(33,27(18,23)21(30)15(17)2)22(31)20(26)25(3,4)11-10-19(26)29/h5-7,12,17-18,20,22-23,31,33H,2,8-11,13H2,1,3-4H3/t17-,18-,20+,22-,23+,26+,27-,28+/m0/s1. The molecule has 2 aliphatic heterocycles. The van der Waals surface area contributed by atoms with Crippen LogP contribution < -0.4 is 0 Å². The van der Waals surface area contributed by atoms with E-state index in [9.17, 15) is 24.6 Å². The van der Waals surface area contributed by atoms with Gasteiger partial charge in [0.05, 0.1) is 17.6 Å². The highest BCUT2D eigenvalue weighted by atomic mass is 16.6. The van der Waals surface area contributed by atoms with Gasteiger partial charge in [0, 0.05) is 18.3 Å². The smallest absolute Gasteiger partial charge is 0.338 e. The van der Waals surface area contributed by atoms with Gasteiger partial charge in [0.25, 0.3) is 0 Å². The molecular weight excluding hydrogens is 448 g/mol. The van der Waals surface area contributed by atoms with Gasteiger partial charge in [0.2, 0.25) is 5.79 Å². The van der Waals surface area contributed by atoms with Crippen molar-refractivity contribution < 1.29 is 34.1 Å². The highest BCUT2D eigenvalue weighted by Gasteiger charge is 2.88. The summed E-state index contributed by atoms with van der Waals surface area (Å²) in [7, 11) is 0. The number of hydrogen-bond acceptors (Lipinski definition) is 7. The average molecular weight is 481 g/mol. The van der Waals surface area contributed by atoms with E-state index in [2.05, 4.69) is 6.58 Å². The first kappa shape index (κ1) is 23.1. The average Bonchev–Trinajstić information content (AvgIpc) is 2.92. The van der Waals surface area contributed by atoms with Gasteiger partial charge in [-0.25, -0.2) is 4.79 Å². The molecule has 35 heavy (non-hydrogen) atoms. The molecule has 2 spiro atoms. The second-order valence-corrected chi connectivity index (χ2v) is 12.0. The van der Waals surface area contributed by atoms with Crippen LogP contribution in [0.4, 0.5) is 0 Å². The molecule has 4 bridgehead atoms. The number of esters is 1. The third-order valence-electron chi connectivity index (χ3n) is 10.1. The summed E-state index contributed by atoms with van der Waals surface area (Å²) < 4.78 is 12.0. The first-order valence-corrected chi connectivity index (χ1v) is 12.5. The molecule has 2 saturated heterocycles. The summed E-state index contributed by atoms with van der Waals surface area (Å²) in [6.07, 6.45) is -0.663. The zero-order valence-corrected chi connectivity index (χ0v) is 20.4. The van der Waals surface area contributed by atoms with Crippen molar-refractivity contribution in [2.24, 2.45) is 34.0 Å². The summed E-state index contributed by atoms with van der Waals surface area (Å²) in [4.78, 5) is 41.1. The maximum atomic E-state index is 14.1. The maximum Gasteiger partial charge on any atom is 0.338 e. The molecule has 8 atom stereocenters. The summed E-state index contributed by atoms with van der Waals surface area (Å²) in [6, 6.07) is 6.96. The predicted molar refractivity (Wildman–Crippen MR) is 124 cm³/mol. The molecule has 1 aromatic carbocycles. The second-order valence-electron chi connectivity index (χ2n) is 12.0. The van der Waals surface area contributed by atoms with Crippen LogP contribution in [-0.2, 0) is 19.1 Å². The fourth-order valence-corrected chi connectivity index (χ4v) is 8.72. The van der Waals surface area contributed by atoms with Crippen LogP contribution in [0.3, 0.4) is 0 Å². The Morgan fingerprint density at radius 2 is 1.97 bits per heavy atom. The van der Waals surface area contributed by atoms with Crippen LogP contribution in [0, 0.1) is 40.9 Å². The summed E-state index contributed by atoms with van der Waals surface area (Å²) in [5.41, 5.74) is -1.87. The number of aryl methyl sites for hydroxylation is 1. The minimum atomic E-state index is -2.29. The number of benzene rings is 1. The molecule has 7 heteroatoms. The van der Waals surface area contributed by atoms with Crippen molar-refractivity contribution in [1.82, 2.24) is 0 Å². The SMILES string of the molecule is C=C1C(=O)[C@]23[C@H](OC(=O)c4cccc(C)c4)[C@H]1CC[C@H]2[C@@]12CO[C@]3(O)[C@@H](O)[C@@H]1C(C)(C)CCC2=O. The topological polar surface area (TPSA) is 110 Å². The Kier molecular flexibility index (Phi) is 4.55. The van der Waals surface area contributed by atoms with E-state index in [-0.39, 0.29) is 18.0 Å². The van der Waals surface area contributed by atoms with Gasteiger partial charge in [-0.3, -0.25) is 9.59 Å². The number of carbonyl (C=O) groups is 3. The number of Topliss-reactive ketones (excluding diaryl/α,β-unsaturated/α-hetero) is 2. The number of aliphatic hydroxyl groups excluding tert-OH is 1. The fourth-order valence-electron chi connectivity index (χ4n) is 8.72. The van der Waals surface area contributed by atoms with Gasteiger partial charge in [0.15, 0.2) is 5.78 Å². The van der Waals surface area contributed by atoms with Crippen LogP contribution in [0.25, 0.3) is 0 Å². The highest BCUT2D eigenvalue weighted by molar-refractivity contribution is 6.06. The molecule has 1 aromatic rings. The number of hydrogen-bond donors (Lipinski definition) is 2. The minimum absolute atomic E-state index is 0.0421. The molecule has 4 saturated carbocycles. The monoisotopic (exact) mass is 480 g/mol. The molecule has 2 heterocycles. The van der Waals surface area contributed by atoms with Gasteiger partial charge in [0.1, 0.15) is 23.4 Å². The van der Waals surface area contributed by atoms with Crippen molar-refractivity contribution in [2.75, 3.05) is 6.61 Å². The van der Waals surface area contributed by atoms with Crippen molar-refractivity contribution in [1.29, 1.82) is 0 Å².